The van der Waals surface area contributed by atoms with Gasteiger partial charge in [0.1, 0.15) is 5.75 Å². The summed E-state index contributed by atoms with van der Waals surface area (Å²) in [6.07, 6.45) is 2.26. The third-order valence-corrected chi connectivity index (χ3v) is 3.38. The molecule has 2 unspecified atom stereocenters. The number of fused-ring (bicyclic) bond motifs is 1. The maximum atomic E-state index is 5.68. The molecule has 0 saturated carbocycles. The summed E-state index contributed by atoms with van der Waals surface area (Å²) in [4.78, 5) is 0. The van der Waals surface area contributed by atoms with Crippen molar-refractivity contribution < 1.29 is 4.74 Å². The molecular formula is C14H21NO. The van der Waals surface area contributed by atoms with Crippen molar-refractivity contribution in [1.82, 2.24) is 5.32 Å². The molecule has 0 fully saturated rings. The van der Waals surface area contributed by atoms with Gasteiger partial charge in [-0.3, -0.25) is 0 Å². The summed E-state index contributed by atoms with van der Waals surface area (Å²) in [5.74, 6) is 1.67. The van der Waals surface area contributed by atoms with Crippen molar-refractivity contribution in [1.29, 1.82) is 0 Å². The molecule has 2 rings (SSSR count). The Balaban J connectivity index is 2.23. The summed E-state index contributed by atoms with van der Waals surface area (Å²) < 4.78 is 5.68. The maximum absolute atomic E-state index is 5.68. The lowest BCUT2D eigenvalue weighted by molar-refractivity contribution is 0.317. The molecule has 1 N–H and O–H groups in total. The van der Waals surface area contributed by atoms with Gasteiger partial charge in [0.25, 0.3) is 0 Å². The Morgan fingerprint density at radius 2 is 2.19 bits per heavy atom. The van der Waals surface area contributed by atoms with E-state index in [1.165, 1.54) is 17.5 Å². The highest BCUT2D eigenvalue weighted by Crippen LogP contribution is 2.41. The SMILES string of the molecule is CCCOc1ccc2c(c1)C(NC)CC2C. The summed E-state index contributed by atoms with van der Waals surface area (Å²) in [5, 5.41) is 3.38. The van der Waals surface area contributed by atoms with E-state index in [1.54, 1.807) is 0 Å². The molecule has 2 atom stereocenters. The number of hydrogen-bond donors (Lipinski definition) is 1. The van der Waals surface area contributed by atoms with Gasteiger partial charge in [0.2, 0.25) is 0 Å². The third-order valence-electron chi connectivity index (χ3n) is 3.38. The lowest BCUT2D eigenvalue weighted by Crippen LogP contribution is -2.13. The van der Waals surface area contributed by atoms with Gasteiger partial charge < -0.3 is 10.1 Å². The molecule has 88 valence electrons. The van der Waals surface area contributed by atoms with E-state index in [4.69, 9.17) is 4.74 Å². The first-order chi connectivity index (χ1) is 7.76. The van der Waals surface area contributed by atoms with Crippen molar-refractivity contribution in [2.24, 2.45) is 0 Å². The van der Waals surface area contributed by atoms with Gasteiger partial charge in [-0.05, 0) is 49.1 Å². The van der Waals surface area contributed by atoms with Gasteiger partial charge in [0.15, 0.2) is 0 Å². The first-order valence-corrected chi connectivity index (χ1v) is 6.20. The van der Waals surface area contributed by atoms with Crippen molar-refractivity contribution in [2.75, 3.05) is 13.7 Å². The topological polar surface area (TPSA) is 21.3 Å². The van der Waals surface area contributed by atoms with Crippen LogP contribution in [-0.4, -0.2) is 13.7 Å². The van der Waals surface area contributed by atoms with Gasteiger partial charge in [-0.15, -0.1) is 0 Å². The van der Waals surface area contributed by atoms with Crippen LogP contribution in [0.3, 0.4) is 0 Å². The lowest BCUT2D eigenvalue weighted by Gasteiger charge is -2.12. The van der Waals surface area contributed by atoms with Crippen LogP contribution in [0.4, 0.5) is 0 Å². The van der Waals surface area contributed by atoms with Crippen LogP contribution in [0.1, 0.15) is 49.8 Å². The Hall–Kier alpha value is -1.02. The molecule has 0 radical (unpaired) electrons. The minimum absolute atomic E-state index is 0.496. The minimum Gasteiger partial charge on any atom is -0.494 e. The van der Waals surface area contributed by atoms with E-state index in [9.17, 15) is 0 Å². The molecular weight excluding hydrogens is 198 g/mol. The maximum Gasteiger partial charge on any atom is 0.119 e. The number of hydrogen-bond acceptors (Lipinski definition) is 2. The van der Waals surface area contributed by atoms with Crippen LogP contribution in [0.15, 0.2) is 18.2 Å². The van der Waals surface area contributed by atoms with Crippen LogP contribution >= 0.6 is 0 Å². The van der Waals surface area contributed by atoms with Crippen LogP contribution in [0.2, 0.25) is 0 Å². The summed E-state index contributed by atoms with van der Waals surface area (Å²) in [6.45, 7) is 5.23. The zero-order valence-corrected chi connectivity index (χ0v) is 10.4. The van der Waals surface area contributed by atoms with Crippen LogP contribution in [0, 0.1) is 0 Å². The molecule has 2 heteroatoms. The van der Waals surface area contributed by atoms with Gasteiger partial charge in [-0.25, -0.2) is 0 Å². The second-order valence-electron chi connectivity index (χ2n) is 4.62. The van der Waals surface area contributed by atoms with Crippen LogP contribution in [0.5, 0.6) is 5.75 Å². The molecule has 16 heavy (non-hydrogen) atoms. The average molecular weight is 219 g/mol. The smallest absolute Gasteiger partial charge is 0.119 e. The standard InChI is InChI=1S/C14H21NO/c1-4-7-16-11-5-6-12-10(2)8-14(15-3)13(12)9-11/h5-6,9-10,14-15H,4,7-8H2,1-3H3. The first kappa shape index (κ1) is 11.5. The Morgan fingerprint density at radius 3 is 2.88 bits per heavy atom. The predicted molar refractivity (Wildman–Crippen MR) is 67.1 cm³/mol. The molecule has 0 bridgehead atoms. The van der Waals surface area contributed by atoms with E-state index in [0.29, 0.717) is 12.0 Å². The fourth-order valence-electron chi connectivity index (χ4n) is 2.49. The summed E-state index contributed by atoms with van der Waals surface area (Å²) in [6, 6.07) is 7.02. The van der Waals surface area contributed by atoms with Crippen molar-refractivity contribution in [3.05, 3.63) is 29.3 Å². The zero-order chi connectivity index (χ0) is 11.5. The molecule has 0 aliphatic heterocycles. The molecule has 1 aromatic carbocycles. The Morgan fingerprint density at radius 1 is 1.38 bits per heavy atom. The van der Waals surface area contributed by atoms with E-state index >= 15 is 0 Å². The normalized spacial score (nSPS) is 23.2. The Labute approximate surface area is 98.0 Å². The quantitative estimate of drug-likeness (QED) is 0.839. The Bertz CT molecular complexity index is 362. The molecule has 1 aliphatic rings. The average Bonchev–Trinajstić information content (AvgIpc) is 2.63. The summed E-state index contributed by atoms with van der Waals surface area (Å²) in [7, 11) is 2.03. The molecule has 2 nitrogen and oxygen atoms in total. The molecule has 0 spiro atoms. The number of ether oxygens (including phenoxy) is 1. The van der Waals surface area contributed by atoms with Crippen LogP contribution < -0.4 is 10.1 Å². The number of benzene rings is 1. The van der Waals surface area contributed by atoms with Gasteiger partial charge >= 0.3 is 0 Å². The van der Waals surface area contributed by atoms with Crippen molar-refractivity contribution in [2.45, 2.75) is 38.6 Å². The fourth-order valence-corrected chi connectivity index (χ4v) is 2.49. The minimum atomic E-state index is 0.496. The van der Waals surface area contributed by atoms with Crippen molar-refractivity contribution in [3.8, 4) is 5.75 Å². The second kappa shape index (κ2) is 4.88. The zero-order valence-electron chi connectivity index (χ0n) is 10.4. The van der Waals surface area contributed by atoms with Gasteiger partial charge in [-0.1, -0.05) is 19.9 Å². The van der Waals surface area contributed by atoms with Crippen molar-refractivity contribution in [3.63, 3.8) is 0 Å². The highest BCUT2D eigenvalue weighted by molar-refractivity contribution is 5.43. The number of rotatable bonds is 4. The lowest BCUT2D eigenvalue weighted by atomic mass is 10.0. The molecule has 1 aromatic rings. The van der Waals surface area contributed by atoms with Gasteiger partial charge in [0, 0.05) is 6.04 Å². The van der Waals surface area contributed by atoms with Crippen molar-refractivity contribution >= 4 is 0 Å². The predicted octanol–water partition coefficient (Wildman–Crippen LogP) is 3.24. The molecule has 0 aromatic heterocycles. The van der Waals surface area contributed by atoms with Crippen LogP contribution in [-0.2, 0) is 0 Å². The van der Waals surface area contributed by atoms with E-state index in [-0.39, 0.29) is 0 Å². The second-order valence-corrected chi connectivity index (χ2v) is 4.62. The molecule has 0 amide bonds. The van der Waals surface area contributed by atoms with E-state index in [1.807, 2.05) is 7.05 Å². The Kier molecular flexibility index (Phi) is 3.49. The van der Waals surface area contributed by atoms with E-state index in [0.717, 1.165) is 18.8 Å². The van der Waals surface area contributed by atoms with Gasteiger partial charge in [-0.2, -0.15) is 0 Å². The van der Waals surface area contributed by atoms with E-state index < -0.39 is 0 Å². The van der Waals surface area contributed by atoms with Gasteiger partial charge in [0.05, 0.1) is 6.61 Å². The monoisotopic (exact) mass is 219 g/mol. The van der Waals surface area contributed by atoms with Crippen LogP contribution in [0.25, 0.3) is 0 Å². The fraction of sp³-hybridized carbons (Fsp3) is 0.571. The number of nitrogens with one attached hydrogen (secondary N) is 1. The largest absolute Gasteiger partial charge is 0.494 e. The molecule has 0 heterocycles. The highest BCUT2D eigenvalue weighted by atomic mass is 16.5. The summed E-state index contributed by atoms with van der Waals surface area (Å²) in [5.41, 5.74) is 2.90. The third kappa shape index (κ3) is 2.07. The molecule has 1 aliphatic carbocycles. The highest BCUT2D eigenvalue weighted by Gasteiger charge is 2.27. The first-order valence-electron chi connectivity index (χ1n) is 6.20. The summed E-state index contributed by atoms with van der Waals surface area (Å²) >= 11 is 0. The van der Waals surface area contributed by atoms with E-state index in [2.05, 4.69) is 37.4 Å². The molecule has 0 saturated heterocycles.